The Morgan fingerprint density at radius 3 is 2.56 bits per heavy atom. The van der Waals surface area contributed by atoms with Crippen LogP contribution in [0.2, 0.25) is 0 Å². The molecule has 2 aromatic rings. The van der Waals surface area contributed by atoms with Crippen LogP contribution in [0.5, 0.6) is 0 Å². The molecule has 1 heterocycles. The van der Waals surface area contributed by atoms with Crippen molar-refractivity contribution >= 4 is 12.0 Å². The molecule has 0 atom stereocenters. The van der Waals surface area contributed by atoms with Crippen LogP contribution in [-0.4, -0.2) is 11.3 Å². The summed E-state index contributed by atoms with van der Waals surface area (Å²) in [4.78, 5) is 14.6. The standard InChI is InChI=1S/C13H12N2O/c14-12-7-11(8-15-13(12)9-16)6-10-4-2-1-3-5-10/h1-5,7-9H,6,14H2. The summed E-state index contributed by atoms with van der Waals surface area (Å²) in [5.41, 5.74) is 8.63. The zero-order valence-electron chi connectivity index (χ0n) is 8.76. The van der Waals surface area contributed by atoms with Gasteiger partial charge in [0.15, 0.2) is 6.29 Å². The minimum atomic E-state index is 0.303. The second-order valence-corrected chi connectivity index (χ2v) is 3.60. The number of rotatable bonds is 3. The van der Waals surface area contributed by atoms with E-state index in [0.717, 1.165) is 12.0 Å². The third kappa shape index (κ3) is 2.25. The van der Waals surface area contributed by atoms with Crippen LogP contribution in [0.15, 0.2) is 42.6 Å². The first-order valence-corrected chi connectivity index (χ1v) is 5.03. The SMILES string of the molecule is Nc1cc(Cc2ccccc2)cnc1C=O. The molecule has 0 fully saturated rings. The van der Waals surface area contributed by atoms with Crippen LogP contribution in [0, 0.1) is 0 Å². The number of aromatic nitrogens is 1. The summed E-state index contributed by atoms with van der Waals surface area (Å²) in [6, 6.07) is 11.8. The van der Waals surface area contributed by atoms with E-state index in [-0.39, 0.29) is 0 Å². The topological polar surface area (TPSA) is 56.0 Å². The summed E-state index contributed by atoms with van der Waals surface area (Å²) in [6.07, 6.45) is 3.13. The number of nitrogens with zero attached hydrogens (tertiary/aromatic N) is 1. The Hall–Kier alpha value is -2.16. The zero-order chi connectivity index (χ0) is 11.4. The van der Waals surface area contributed by atoms with Crippen LogP contribution in [0.25, 0.3) is 0 Å². The monoisotopic (exact) mass is 212 g/mol. The van der Waals surface area contributed by atoms with Gasteiger partial charge in [-0.1, -0.05) is 30.3 Å². The first-order valence-electron chi connectivity index (χ1n) is 5.03. The van der Waals surface area contributed by atoms with Crippen molar-refractivity contribution in [3.63, 3.8) is 0 Å². The Kier molecular flexibility index (Phi) is 2.96. The predicted molar refractivity (Wildman–Crippen MR) is 63.3 cm³/mol. The van der Waals surface area contributed by atoms with Crippen LogP contribution in [0.3, 0.4) is 0 Å². The molecule has 0 aliphatic carbocycles. The summed E-state index contributed by atoms with van der Waals surface area (Å²) in [7, 11) is 0. The molecule has 3 heteroatoms. The van der Waals surface area contributed by atoms with Crippen LogP contribution in [-0.2, 0) is 6.42 Å². The second kappa shape index (κ2) is 4.57. The smallest absolute Gasteiger partial charge is 0.170 e. The van der Waals surface area contributed by atoms with Crippen LogP contribution in [0.4, 0.5) is 5.69 Å². The number of carbonyl (C=O) groups excluding carboxylic acids is 1. The molecule has 2 rings (SSSR count). The molecule has 3 nitrogen and oxygen atoms in total. The van der Waals surface area contributed by atoms with Gasteiger partial charge >= 0.3 is 0 Å². The van der Waals surface area contributed by atoms with Gasteiger partial charge in [-0.25, -0.2) is 0 Å². The number of hydrogen-bond acceptors (Lipinski definition) is 3. The quantitative estimate of drug-likeness (QED) is 0.792. The van der Waals surface area contributed by atoms with Crippen molar-refractivity contribution in [1.29, 1.82) is 0 Å². The van der Waals surface area contributed by atoms with Gasteiger partial charge in [0.05, 0.1) is 5.69 Å². The minimum Gasteiger partial charge on any atom is -0.397 e. The van der Waals surface area contributed by atoms with Gasteiger partial charge in [-0.05, 0) is 23.6 Å². The van der Waals surface area contributed by atoms with E-state index >= 15 is 0 Å². The Labute approximate surface area is 93.9 Å². The first kappa shape index (κ1) is 10.4. The van der Waals surface area contributed by atoms with Gasteiger partial charge in [-0.2, -0.15) is 0 Å². The lowest BCUT2D eigenvalue weighted by Gasteiger charge is -2.03. The van der Waals surface area contributed by atoms with E-state index in [0.29, 0.717) is 17.7 Å². The highest BCUT2D eigenvalue weighted by Crippen LogP contribution is 2.13. The molecule has 0 aliphatic heterocycles. The Balaban J connectivity index is 2.23. The number of hydrogen-bond donors (Lipinski definition) is 1. The molecule has 16 heavy (non-hydrogen) atoms. The van der Waals surface area contributed by atoms with Gasteiger partial charge in [0.1, 0.15) is 5.69 Å². The molecule has 0 radical (unpaired) electrons. The molecule has 1 aromatic carbocycles. The molecule has 80 valence electrons. The summed E-state index contributed by atoms with van der Waals surface area (Å²) >= 11 is 0. The molecule has 0 bridgehead atoms. The van der Waals surface area contributed by atoms with Gasteiger partial charge in [-0.15, -0.1) is 0 Å². The number of pyridine rings is 1. The second-order valence-electron chi connectivity index (χ2n) is 3.60. The van der Waals surface area contributed by atoms with Gasteiger partial charge in [0, 0.05) is 6.20 Å². The van der Waals surface area contributed by atoms with Crippen molar-refractivity contribution < 1.29 is 4.79 Å². The van der Waals surface area contributed by atoms with E-state index in [4.69, 9.17) is 5.73 Å². The van der Waals surface area contributed by atoms with Crippen molar-refractivity contribution in [2.75, 3.05) is 5.73 Å². The number of nitrogen functional groups attached to an aromatic ring is 1. The fourth-order valence-electron chi connectivity index (χ4n) is 1.56. The number of benzene rings is 1. The van der Waals surface area contributed by atoms with Gasteiger partial charge in [0.25, 0.3) is 0 Å². The van der Waals surface area contributed by atoms with E-state index < -0.39 is 0 Å². The molecule has 0 amide bonds. The van der Waals surface area contributed by atoms with Crippen molar-refractivity contribution in [2.45, 2.75) is 6.42 Å². The lowest BCUT2D eigenvalue weighted by molar-refractivity contribution is 0.112. The fourth-order valence-corrected chi connectivity index (χ4v) is 1.56. The highest BCUT2D eigenvalue weighted by molar-refractivity contribution is 5.80. The number of nitrogens with two attached hydrogens (primary N) is 1. The molecule has 0 saturated carbocycles. The third-order valence-corrected chi connectivity index (χ3v) is 2.37. The molecule has 1 aromatic heterocycles. The molecule has 0 unspecified atom stereocenters. The zero-order valence-corrected chi connectivity index (χ0v) is 8.76. The molecule has 2 N–H and O–H groups in total. The molecular weight excluding hydrogens is 200 g/mol. The van der Waals surface area contributed by atoms with E-state index in [1.165, 1.54) is 5.56 Å². The average Bonchev–Trinajstić information content (AvgIpc) is 2.31. The third-order valence-electron chi connectivity index (χ3n) is 2.37. The van der Waals surface area contributed by atoms with E-state index in [1.54, 1.807) is 12.3 Å². The number of aldehydes is 1. The minimum absolute atomic E-state index is 0.303. The van der Waals surface area contributed by atoms with Crippen LogP contribution >= 0.6 is 0 Å². The maximum atomic E-state index is 10.6. The summed E-state index contributed by atoms with van der Waals surface area (Å²) < 4.78 is 0. The lowest BCUT2D eigenvalue weighted by atomic mass is 10.1. The molecule has 0 aliphatic rings. The average molecular weight is 212 g/mol. The molecular formula is C13H12N2O. The normalized spacial score (nSPS) is 10.0. The number of anilines is 1. The maximum Gasteiger partial charge on any atom is 0.170 e. The fraction of sp³-hybridized carbons (Fsp3) is 0.0769. The van der Waals surface area contributed by atoms with Gasteiger partial charge in [-0.3, -0.25) is 9.78 Å². The molecule has 0 spiro atoms. The van der Waals surface area contributed by atoms with E-state index in [1.807, 2.05) is 30.3 Å². The van der Waals surface area contributed by atoms with Crippen molar-refractivity contribution in [1.82, 2.24) is 4.98 Å². The van der Waals surface area contributed by atoms with Gasteiger partial charge < -0.3 is 5.73 Å². The van der Waals surface area contributed by atoms with E-state index in [9.17, 15) is 4.79 Å². The lowest BCUT2D eigenvalue weighted by Crippen LogP contribution is -1.99. The van der Waals surface area contributed by atoms with Gasteiger partial charge in [0.2, 0.25) is 0 Å². The first-order chi connectivity index (χ1) is 7.79. The summed E-state index contributed by atoms with van der Waals surface area (Å²) in [6.45, 7) is 0. The maximum absolute atomic E-state index is 10.6. The van der Waals surface area contributed by atoms with Crippen molar-refractivity contribution in [3.05, 3.63) is 59.4 Å². The number of carbonyl (C=O) groups is 1. The summed E-state index contributed by atoms with van der Waals surface area (Å²) in [5.74, 6) is 0. The van der Waals surface area contributed by atoms with Crippen LogP contribution in [0.1, 0.15) is 21.6 Å². The van der Waals surface area contributed by atoms with E-state index in [2.05, 4.69) is 4.98 Å². The Bertz CT molecular complexity index is 495. The Morgan fingerprint density at radius 1 is 1.19 bits per heavy atom. The van der Waals surface area contributed by atoms with Crippen LogP contribution < -0.4 is 5.73 Å². The van der Waals surface area contributed by atoms with Crippen molar-refractivity contribution in [3.8, 4) is 0 Å². The summed E-state index contributed by atoms with van der Waals surface area (Å²) in [5, 5.41) is 0. The van der Waals surface area contributed by atoms with Crippen molar-refractivity contribution in [2.24, 2.45) is 0 Å². The predicted octanol–water partition coefficient (Wildman–Crippen LogP) is 2.07. The molecule has 0 saturated heterocycles. The highest BCUT2D eigenvalue weighted by Gasteiger charge is 2.02. The highest BCUT2D eigenvalue weighted by atomic mass is 16.1. The Morgan fingerprint density at radius 2 is 1.94 bits per heavy atom. The largest absolute Gasteiger partial charge is 0.397 e.